The zero-order chi connectivity index (χ0) is 14.5. The van der Waals surface area contributed by atoms with Crippen LogP contribution < -0.4 is 10.5 Å². The Hall–Kier alpha value is -2.60. The summed E-state index contributed by atoms with van der Waals surface area (Å²) in [6.07, 6.45) is 0. The highest BCUT2D eigenvalue weighted by Crippen LogP contribution is 2.23. The second kappa shape index (κ2) is 6.03. The Balaban J connectivity index is 2.07. The Kier molecular flexibility index (Phi) is 4.17. The van der Waals surface area contributed by atoms with Gasteiger partial charge in [0.25, 0.3) is 5.69 Å². The third-order valence-corrected chi connectivity index (χ3v) is 2.78. The third kappa shape index (κ3) is 3.24. The highest BCUT2D eigenvalue weighted by atomic mass is 16.6. The summed E-state index contributed by atoms with van der Waals surface area (Å²) in [7, 11) is 0. The van der Waals surface area contributed by atoms with E-state index in [1.807, 2.05) is 0 Å². The molecule has 0 amide bonds. The number of nitrogens with zero attached hydrogens (tertiary/aromatic N) is 1. The van der Waals surface area contributed by atoms with Gasteiger partial charge in [-0.25, -0.2) is 0 Å². The molecule has 0 unspecified atom stereocenters. The largest absolute Gasteiger partial charge is 0.489 e. The predicted molar refractivity (Wildman–Crippen MR) is 74.2 cm³/mol. The molecule has 0 radical (unpaired) electrons. The molecule has 0 saturated heterocycles. The first-order chi connectivity index (χ1) is 9.60. The number of aliphatic hydroxyl groups is 1. The molecule has 0 aromatic heterocycles. The standard InChI is InChI=1S/C14H14N2O4/c15-13-7-11(4-5-14(13)16(18)19)9-20-12-3-1-2-10(6-12)8-17/h1-7,17H,8-9,15H2. The van der Waals surface area contributed by atoms with E-state index in [-0.39, 0.29) is 24.6 Å². The van der Waals surface area contributed by atoms with Gasteiger partial charge in [0.2, 0.25) is 0 Å². The first-order valence-corrected chi connectivity index (χ1v) is 5.95. The van der Waals surface area contributed by atoms with Crippen molar-refractivity contribution in [2.45, 2.75) is 13.2 Å². The van der Waals surface area contributed by atoms with Crippen molar-refractivity contribution in [1.29, 1.82) is 0 Å². The van der Waals surface area contributed by atoms with Gasteiger partial charge in [0.15, 0.2) is 0 Å². The maximum absolute atomic E-state index is 10.7. The van der Waals surface area contributed by atoms with Gasteiger partial charge in [0, 0.05) is 6.07 Å². The van der Waals surface area contributed by atoms with E-state index in [0.717, 1.165) is 11.1 Å². The lowest BCUT2D eigenvalue weighted by Gasteiger charge is -2.08. The van der Waals surface area contributed by atoms with E-state index < -0.39 is 4.92 Å². The molecule has 0 aliphatic rings. The van der Waals surface area contributed by atoms with E-state index in [1.54, 1.807) is 30.3 Å². The van der Waals surface area contributed by atoms with E-state index in [4.69, 9.17) is 15.6 Å². The van der Waals surface area contributed by atoms with Gasteiger partial charge in [-0.15, -0.1) is 0 Å². The molecule has 2 aromatic rings. The van der Waals surface area contributed by atoms with Crippen LogP contribution in [0.3, 0.4) is 0 Å². The van der Waals surface area contributed by atoms with Crippen LogP contribution in [0.2, 0.25) is 0 Å². The van der Waals surface area contributed by atoms with Crippen LogP contribution in [0.25, 0.3) is 0 Å². The van der Waals surface area contributed by atoms with Gasteiger partial charge in [-0.3, -0.25) is 10.1 Å². The summed E-state index contributed by atoms with van der Waals surface area (Å²) in [4.78, 5) is 10.1. The van der Waals surface area contributed by atoms with Gasteiger partial charge >= 0.3 is 0 Å². The van der Waals surface area contributed by atoms with E-state index in [2.05, 4.69) is 0 Å². The SMILES string of the molecule is Nc1cc(COc2cccc(CO)c2)ccc1[N+](=O)[O-]. The molecule has 0 aliphatic heterocycles. The molecule has 0 heterocycles. The van der Waals surface area contributed by atoms with Crippen LogP contribution in [0.4, 0.5) is 11.4 Å². The Labute approximate surface area is 115 Å². The lowest BCUT2D eigenvalue weighted by atomic mass is 10.2. The fourth-order valence-electron chi connectivity index (χ4n) is 1.76. The zero-order valence-electron chi connectivity index (χ0n) is 10.7. The number of nitro benzene ring substituents is 1. The van der Waals surface area contributed by atoms with Gasteiger partial charge in [-0.05, 0) is 35.4 Å². The molecule has 0 aliphatic carbocycles. The topological polar surface area (TPSA) is 98.6 Å². The first kappa shape index (κ1) is 13.8. The second-order valence-electron chi connectivity index (χ2n) is 4.24. The van der Waals surface area contributed by atoms with Crippen LogP contribution in [0.1, 0.15) is 11.1 Å². The van der Waals surface area contributed by atoms with Crippen molar-refractivity contribution >= 4 is 11.4 Å². The molecule has 6 nitrogen and oxygen atoms in total. The van der Waals surface area contributed by atoms with Crippen LogP contribution in [-0.2, 0) is 13.2 Å². The average molecular weight is 274 g/mol. The number of benzene rings is 2. The molecule has 0 atom stereocenters. The maximum Gasteiger partial charge on any atom is 0.292 e. The van der Waals surface area contributed by atoms with Crippen molar-refractivity contribution in [1.82, 2.24) is 0 Å². The highest BCUT2D eigenvalue weighted by molar-refractivity contribution is 5.59. The van der Waals surface area contributed by atoms with Gasteiger partial charge in [0.1, 0.15) is 18.0 Å². The van der Waals surface area contributed by atoms with Gasteiger partial charge in [-0.1, -0.05) is 12.1 Å². The Morgan fingerprint density at radius 2 is 2.00 bits per heavy atom. The molecule has 6 heteroatoms. The third-order valence-electron chi connectivity index (χ3n) is 2.78. The summed E-state index contributed by atoms with van der Waals surface area (Å²) in [5, 5.41) is 19.7. The van der Waals surface area contributed by atoms with Crippen LogP contribution in [0.5, 0.6) is 5.75 Å². The predicted octanol–water partition coefficient (Wildman–Crippen LogP) is 2.25. The molecular weight excluding hydrogens is 260 g/mol. The summed E-state index contributed by atoms with van der Waals surface area (Å²) in [6.45, 7) is 0.193. The highest BCUT2D eigenvalue weighted by Gasteiger charge is 2.11. The number of hydrogen-bond acceptors (Lipinski definition) is 5. The molecule has 0 fully saturated rings. The van der Waals surface area contributed by atoms with Gasteiger partial charge < -0.3 is 15.6 Å². The van der Waals surface area contributed by atoms with Crippen molar-refractivity contribution in [3.05, 3.63) is 63.7 Å². The monoisotopic (exact) mass is 274 g/mol. The lowest BCUT2D eigenvalue weighted by Crippen LogP contribution is -2.00. The number of nitrogens with two attached hydrogens (primary N) is 1. The fourth-order valence-corrected chi connectivity index (χ4v) is 1.76. The number of aliphatic hydroxyl groups excluding tert-OH is 1. The Morgan fingerprint density at radius 3 is 2.65 bits per heavy atom. The van der Waals surface area contributed by atoms with Crippen LogP contribution in [0.15, 0.2) is 42.5 Å². The van der Waals surface area contributed by atoms with E-state index in [0.29, 0.717) is 5.75 Å². The summed E-state index contributed by atoms with van der Waals surface area (Å²) in [5.41, 5.74) is 7.10. The van der Waals surface area contributed by atoms with E-state index in [9.17, 15) is 10.1 Å². The number of hydrogen-bond donors (Lipinski definition) is 2. The van der Waals surface area contributed by atoms with Crippen molar-refractivity contribution in [3.63, 3.8) is 0 Å². The minimum atomic E-state index is -0.523. The lowest BCUT2D eigenvalue weighted by molar-refractivity contribution is -0.383. The number of nitro groups is 1. The minimum absolute atomic E-state index is 0.0539. The molecule has 2 aromatic carbocycles. The van der Waals surface area contributed by atoms with Crippen molar-refractivity contribution < 1.29 is 14.8 Å². The molecule has 2 rings (SSSR count). The number of nitrogen functional groups attached to an aromatic ring is 1. The van der Waals surface area contributed by atoms with Crippen LogP contribution in [0, 0.1) is 10.1 Å². The molecule has 3 N–H and O–H groups in total. The number of rotatable bonds is 5. The number of anilines is 1. The van der Waals surface area contributed by atoms with E-state index >= 15 is 0 Å². The molecular formula is C14H14N2O4. The quantitative estimate of drug-likeness (QED) is 0.495. The summed E-state index contributed by atoms with van der Waals surface area (Å²) < 4.78 is 5.55. The minimum Gasteiger partial charge on any atom is -0.489 e. The van der Waals surface area contributed by atoms with Gasteiger partial charge in [-0.2, -0.15) is 0 Å². The average Bonchev–Trinajstić information content (AvgIpc) is 2.45. The van der Waals surface area contributed by atoms with Gasteiger partial charge in [0.05, 0.1) is 11.5 Å². The van der Waals surface area contributed by atoms with E-state index in [1.165, 1.54) is 12.1 Å². The molecule has 0 bridgehead atoms. The van der Waals surface area contributed by atoms with Crippen molar-refractivity contribution in [2.24, 2.45) is 0 Å². The van der Waals surface area contributed by atoms with Crippen molar-refractivity contribution in [3.8, 4) is 5.75 Å². The molecule has 104 valence electrons. The number of ether oxygens (including phenoxy) is 1. The Morgan fingerprint density at radius 1 is 1.20 bits per heavy atom. The zero-order valence-corrected chi connectivity index (χ0v) is 10.7. The first-order valence-electron chi connectivity index (χ1n) is 5.95. The van der Waals surface area contributed by atoms with Crippen molar-refractivity contribution in [2.75, 3.05) is 5.73 Å². The normalized spacial score (nSPS) is 10.2. The molecule has 20 heavy (non-hydrogen) atoms. The maximum atomic E-state index is 10.7. The Bertz CT molecular complexity index is 628. The van der Waals surface area contributed by atoms with Crippen LogP contribution >= 0.6 is 0 Å². The summed E-state index contributed by atoms with van der Waals surface area (Å²) in [5.74, 6) is 0.619. The molecule has 0 saturated carbocycles. The summed E-state index contributed by atoms with van der Waals surface area (Å²) >= 11 is 0. The van der Waals surface area contributed by atoms with Crippen LogP contribution in [-0.4, -0.2) is 10.0 Å². The second-order valence-corrected chi connectivity index (χ2v) is 4.24. The fraction of sp³-hybridized carbons (Fsp3) is 0.143. The smallest absolute Gasteiger partial charge is 0.292 e. The molecule has 0 spiro atoms. The summed E-state index contributed by atoms with van der Waals surface area (Å²) in [6, 6.07) is 11.6.